The number of carbonyl (C=O) groups is 4. The van der Waals surface area contributed by atoms with Crippen molar-refractivity contribution in [2.45, 2.75) is 24.6 Å². The lowest BCUT2D eigenvalue weighted by Crippen LogP contribution is -2.51. The number of aliphatic carboxylic acids is 1. The van der Waals surface area contributed by atoms with Gasteiger partial charge in [-0.2, -0.15) is 0 Å². The summed E-state index contributed by atoms with van der Waals surface area (Å²) in [6.07, 6.45) is -0.0443. The Hall–Kier alpha value is -2.35. The van der Waals surface area contributed by atoms with E-state index in [9.17, 15) is 19.2 Å². The number of carbonyl (C=O) groups excluding carboxylic acids is 3. The van der Waals surface area contributed by atoms with Gasteiger partial charge in [-0.1, -0.05) is 0 Å². The third-order valence-corrected chi connectivity index (χ3v) is 4.63. The van der Waals surface area contributed by atoms with Gasteiger partial charge in [-0.15, -0.1) is 11.8 Å². The Morgan fingerprint density at radius 3 is 2.48 bits per heavy atom. The molecule has 1 heterocycles. The molecular formula is C15H16N2O5S. The Labute approximate surface area is 136 Å². The normalized spacial score (nSPS) is 20.5. The highest BCUT2D eigenvalue weighted by molar-refractivity contribution is 8.00. The quantitative estimate of drug-likeness (QED) is 0.689. The molecule has 2 rings (SSSR count). The zero-order valence-corrected chi connectivity index (χ0v) is 13.2. The topological polar surface area (TPSA) is 113 Å². The molecular weight excluding hydrogens is 320 g/mol. The zero-order valence-electron chi connectivity index (χ0n) is 12.4. The van der Waals surface area contributed by atoms with Crippen molar-refractivity contribution < 1.29 is 24.3 Å². The molecule has 23 heavy (non-hydrogen) atoms. The zero-order chi connectivity index (χ0) is 17.0. The predicted octanol–water partition coefficient (Wildman–Crippen LogP) is 0.903. The van der Waals surface area contributed by atoms with Crippen LogP contribution in [0.25, 0.3) is 0 Å². The van der Waals surface area contributed by atoms with Crippen LogP contribution in [0.4, 0.5) is 5.69 Å². The van der Waals surface area contributed by atoms with Crippen LogP contribution < -0.4 is 10.6 Å². The predicted molar refractivity (Wildman–Crippen MR) is 85.5 cm³/mol. The standard InChI is InChI=1S/C15H16N2O5S/c1-8(18)9-2-4-10(5-3-9)16-13(19)6-12-14(20)17-11(7-23-12)15(21)22/h2-5,11-12H,6-7H2,1H3,(H,16,19)(H,17,20)(H,21,22)/t11-,12-/m0/s1. The Bertz CT molecular complexity index is 644. The number of amides is 2. The minimum Gasteiger partial charge on any atom is -0.480 e. The molecule has 1 aliphatic rings. The second-order valence-corrected chi connectivity index (χ2v) is 6.34. The lowest BCUT2D eigenvalue weighted by atomic mass is 10.1. The van der Waals surface area contributed by atoms with Gasteiger partial charge in [0.2, 0.25) is 11.8 Å². The highest BCUT2D eigenvalue weighted by atomic mass is 32.2. The Morgan fingerprint density at radius 1 is 1.30 bits per heavy atom. The maximum atomic E-state index is 12.0. The van der Waals surface area contributed by atoms with E-state index >= 15 is 0 Å². The Balaban J connectivity index is 1.88. The van der Waals surface area contributed by atoms with E-state index in [1.54, 1.807) is 24.3 Å². The number of Topliss-reactive ketones (excluding diaryl/α,β-unsaturated/α-hetero) is 1. The SMILES string of the molecule is CC(=O)c1ccc(NC(=O)C[C@@H]2SC[C@@H](C(=O)O)NC2=O)cc1. The van der Waals surface area contributed by atoms with Crippen molar-refractivity contribution in [3.8, 4) is 0 Å². The summed E-state index contributed by atoms with van der Waals surface area (Å²) in [5, 5.41) is 13.3. The third-order valence-electron chi connectivity index (χ3n) is 3.32. The maximum absolute atomic E-state index is 12.0. The van der Waals surface area contributed by atoms with E-state index in [1.165, 1.54) is 6.92 Å². The summed E-state index contributed by atoms with van der Waals surface area (Å²) in [6.45, 7) is 1.46. The van der Waals surface area contributed by atoms with Crippen LogP contribution in [0.3, 0.4) is 0 Å². The fourth-order valence-corrected chi connectivity index (χ4v) is 3.19. The molecule has 1 saturated heterocycles. The summed E-state index contributed by atoms with van der Waals surface area (Å²) in [4.78, 5) is 45.8. The molecule has 2 atom stereocenters. The van der Waals surface area contributed by atoms with Crippen LogP contribution in [0, 0.1) is 0 Å². The summed E-state index contributed by atoms with van der Waals surface area (Å²) in [7, 11) is 0. The number of ketones is 1. The number of rotatable bonds is 5. The number of carboxylic acids is 1. The van der Waals surface area contributed by atoms with Crippen molar-refractivity contribution in [3.05, 3.63) is 29.8 Å². The first-order valence-electron chi connectivity index (χ1n) is 6.92. The third kappa shape index (κ3) is 4.56. The molecule has 0 spiro atoms. The van der Waals surface area contributed by atoms with Gasteiger partial charge in [0.15, 0.2) is 5.78 Å². The molecule has 0 aliphatic carbocycles. The van der Waals surface area contributed by atoms with Crippen molar-refractivity contribution in [1.29, 1.82) is 0 Å². The summed E-state index contributed by atoms with van der Waals surface area (Å²) in [5.41, 5.74) is 1.08. The molecule has 1 aromatic rings. The van der Waals surface area contributed by atoms with E-state index in [0.717, 1.165) is 11.8 Å². The molecule has 0 saturated carbocycles. The van der Waals surface area contributed by atoms with Crippen LogP contribution in [-0.4, -0.2) is 45.7 Å². The van der Waals surface area contributed by atoms with Crippen molar-refractivity contribution >= 4 is 41.0 Å². The summed E-state index contributed by atoms with van der Waals surface area (Å²) in [6, 6.07) is 5.53. The second kappa shape index (κ2) is 7.28. The van der Waals surface area contributed by atoms with Crippen molar-refractivity contribution in [2.75, 3.05) is 11.1 Å². The van der Waals surface area contributed by atoms with Crippen molar-refractivity contribution in [2.24, 2.45) is 0 Å². The van der Waals surface area contributed by atoms with E-state index in [2.05, 4.69) is 10.6 Å². The fourth-order valence-electron chi connectivity index (χ4n) is 2.05. The molecule has 122 valence electrons. The van der Waals surface area contributed by atoms with Gasteiger partial charge in [-0.3, -0.25) is 14.4 Å². The van der Waals surface area contributed by atoms with Gasteiger partial charge in [0, 0.05) is 23.4 Å². The lowest BCUT2D eigenvalue weighted by Gasteiger charge is -2.25. The maximum Gasteiger partial charge on any atom is 0.327 e. The molecule has 8 heteroatoms. The molecule has 3 N–H and O–H groups in total. The van der Waals surface area contributed by atoms with Gasteiger partial charge in [0.05, 0.1) is 5.25 Å². The van der Waals surface area contributed by atoms with Gasteiger partial charge >= 0.3 is 5.97 Å². The van der Waals surface area contributed by atoms with Crippen LogP contribution in [0.1, 0.15) is 23.7 Å². The van der Waals surface area contributed by atoms with Crippen LogP contribution in [0.5, 0.6) is 0 Å². The highest BCUT2D eigenvalue weighted by Gasteiger charge is 2.33. The number of hydrogen-bond acceptors (Lipinski definition) is 5. The van der Waals surface area contributed by atoms with E-state index in [0.29, 0.717) is 11.3 Å². The van der Waals surface area contributed by atoms with E-state index in [-0.39, 0.29) is 23.9 Å². The molecule has 1 fully saturated rings. The van der Waals surface area contributed by atoms with Gasteiger partial charge in [0.25, 0.3) is 0 Å². The first-order valence-corrected chi connectivity index (χ1v) is 7.97. The molecule has 0 unspecified atom stereocenters. The van der Waals surface area contributed by atoms with Gasteiger partial charge in [-0.25, -0.2) is 4.79 Å². The summed E-state index contributed by atoms with van der Waals surface area (Å²) < 4.78 is 0. The minimum atomic E-state index is -1.08. The van der Waals surface area contributed by atoms with Gasteiger partial charge in [0.1, 0.15) is 6.04 Å². The first kappa shape index (κ1) is 17.0. The summed E-state index contributed by atoms with van der Waals surface area (Å²) >= 11 is 1.15. The average molecular weight is 336 g/mol. The van der Waals surface area contributed by atoms with E-state index in [1.807, 2.05) is 0 Å². The molecule has 7 nitrogen and oxygen atoms in total. The fraction of sp³-hybridized carbons (Fsp3) is 0.333. The molecule has 2 amide bonds. The highest BCUT2D eigenvalue weighted by Crippen LogP contribution is 2.22. The number of carboxylic acid groups (broad SMARTS) is 1. The summed E-state index contributed by atoms with van der Waals surface area (Å²) in [5.74, 6) is -1.71. The van der Waals surface area contributed by atoms with Crippen LogP contribution in [-0.2, 0) is 14.4 Å². The van der Waals surface area contributed by atoms with Crippen LogP contribution >= 0.6 is 11.8 Å². The van der Waals surface area contributed by atoms with Crippen molar-refractivity contribution in [1.82, 2.24) is 5.32 Å². The van der Waals surface area contributed by atoms with Crippen molar-refractivity contribution in [3.63, 3.8) is 0 Å². The van der Waals surface area contributed by atoms with Gasteiger partial charge in [-0.05, 0) is 31.2 Å². The monoisotopic (exact) mass is 336 g/mol. The molecule has 0 aromatic heterocycles. The Kier molecular flexibility index (Phi) is 5.38. The number of hydrogen-bond donors (Lipinski definition) is 3. The molecule has 1 aromatic carbocycles. The molecule has 0 bridgehead atoms. The minimum absolute atomic E-state index is 0.0443. The molecule has 1 aliphatic heterocycles. The number of anilines is 1. The van der Waals surface area contributed by atoms with E-state index in [4.69, 9.17) is 5.11 Å². The smallest absolute Gasteiger partial charge is 0.327 e. The lowest BCUT2D eigenvalue weighted by molar-refractivity contribution is -0.141. The van der Waals surface area contributed by atoms with E-state index < -0.39 is 23.2 Å². The largest absolute Gasteiger partial charge is 0.480 e. The number of nitrogens with one attached hydrogen (secondary N) is 2. The first-order chi connectivity index (χ1) is 10.9. The van der Waals surface area contributed by atoms with Crippen LogP contribution in [0.2, 0.25) is 0 Å². The van der Waals surface area contributed by atoms with Crippen LogP contribution in [0.15, 0.2) is 24.3 Å². The Morgan fingerprint density at radius 2 is 1.96 bits per heavy atom. The van der Waals surface area contributed by atoms with Gasteiger partial charge < -0.3 is 15.7 Å². The average Bonchev–Trinajstić information content (AvgIpc) is 2.49. The number of benzene rings is 1. The number of thioether (sulfide) groups is 1. The second-order valence-electron chi connectivity index (χ2n) is 5.11. The molecule has 0 radical (unpaired) electrons.